The summed E-state index contributed by atoms with van der Waals surface area (Å²) in [7, 11) is 0. The van der Waals surface area contributed by atoms with Crippen LogP contribution in [0.1, 0.15) is 30.0 Å². The van der Waals surface area contributed by atoms with E-state index in [1.807, 2.05) is 0 Å². The second kappa shape index (κ2) is 7.53. The number of pyridine rings is 1. The number of hydrogen-bond donors (Lipinski definition) is 2. The number of benzene rings is 1. The topological polar surface area (TPSA) is 87.7 Å². The van der Waals surface area contributed by atoms with E-state index >= 15 is 0 Å². The summed E-state index contributed by atoms with van der Waals surface area (Å²) in [5.74, 6) is -2.25. The van der Waals surface area contributed by atoms with Gasteiger partial charge in [0.25, 0.3) is 5.56 Å². The molecule has 2 aliphatic carbocycles. The third kappa shape index (κ3) is 3.40. The lowest BCUT2D eigenvalue weighted by molar-refractivity contribution is -0.121. The molecule has 0 aliphatic heterocycles. The third-order valence-corrected chi connectivity index (χ3v) is 6.52. The fourth-order valence-electron chi connectivity index (χ4n) is 4.88. The van der Waals surface area contributed by atoms with E-state index in [2.05, 4.69) is 20.5 Å². The first kappa shape index (κ1) is 19.8. The summed E-state index contributed by atoms with van der Waals surface area (Å²) in [4.78, 5) is 28.2. The maximum atomic E-state index is 14.8. The van der Waals surface area contributed by atoms with Crippen LogP contribution >= 0.6 is 11.6 Å². The van der Waals surface area contributed by atoms with Crippen molar-refractivity contribution in [3.05, 3.63) is 74.9 Å². The lowest BCUT2D eigenvalue weighted by Gasteiger charge is -2.30. The number of aromatic amines is 1. The molecule has 31 heavy (non-hydrogen) atoms. The van der Waals surface area contributed by atoms with Crippen LogP contribution in [0.2, 0.25) is 5.02 Å². The number of halogens is 3. The predicted octanol–water partition coefficient (Wildman–Crippen LogP) is 4.07. The highest BCUT2D eigenvalue weighted by Crippen LogP contribution is 2.49. The Balaban J connectivity index is 1.43. The number of rotatable bonds is 3. The minimum Gasteiger partial charge on any atom is -0.323 e. The second-order valence-corrected chi connectivity index (χ2v) is 8.37. The Kier molecular flexibility index (Phi) is 4.81. The molecule has 0 spiro atoms. The highest BCUT2D eigenvalue weighted by Gasteiger charge is 2.47. The van der Waals surface area contributed by atoms with Gasteiger partial charge in [-0.05, 0) is 55.0 Å². The molecule has 2 heterocycles. The summed E-state index contributed by atoms with van der Waals surface area (Å²) in [5.41, 5.74) is 1.51. The summed E-state index contributed by atoms with van der Waals surface area (Å²) < 4.78 is 28.8. The molecule has 1 aromatic carbocycles. The van der Waals surface area contributed by atoms with Crippen LogP contribution in [0.25, 0.3) is 11.1 Å². The number of carbonyl (C=O) groups is 1. The van der Waals surface area contributed by atoms with E-state index in [0.717, 1.165) is 30.2 Å². The average Bonchev–Trinajstić information content (AvgIpc) is 3.06. The molecule has 1 amide bonds. The minimum atomic E-state index is -0.761. The van der Waals surface area contributed by atoms with Crippen molar-refractivity contribution >= 4 is 23.2 Å². The SMILES string of the molecule is O=C(Nc1cc(Cl)c(-c2cccnc2F)cc1F)C1[C@H]2CC[C@H]1c1n[nH]c(=O)cc1C2. The summed E-state index contributed by atoms with van der Waals surface area (Å²) in [6.07, 6.45) is 3.48. The summed E-state index contributed by atoms with van der Waals surface area (Å²) in [6.45, 7) is 0. The standard InChI is InChI=1S/C22H17ClF2N4O2/c23-15-9-17(16(24)8-14(15)12-2-1-5-26-21(12)25)27-22(31)19-10-3-4-13(19)20-11(6-10)7-18(30)28-29-20/h1-2,5,7-10,13,19H,3-4,6H2,(H,27,31)(H,28,30)/t10-,13+,19?/m0/s1. The maximum absolute atomic E-state index is 14.8. The average molecular weight is 443 g/mol. The number of fused-ring (bicyclic) bond motifs is 4. The third-order valence-electron chi connectivity index (χ3n) is 6.21. The molecule has 2 aliphatic rings. The predicted molar refractivity (Wildman–Crippen MR) is 111 cm³/mol. The van der Waals surface area contributed by atoms with E-state index in [1.165, 1.54) is 30.5 Å². The van der Waals surface area contributed by atoms with Crippen molar-refractivity contribution in [2.24, 2.45) is 11.8 Å². The van der Waals surface area contributed by atoms with Crippen LogP contribution in [0.15, 0.2) is 41.3 Å². The molecule has 6 nitrogen and oxygen atoms in total. The lowest BCUT2D eigenvalue weighted by Crippen LogP contribution is -2.35. The Morgan fingerprint density at radius 1 is 1.19 bits per heavy atom. The van der Waals surface area contributed by atoms with Gasteiger partial charge in [0, 0.05) is 35.2 Å². The van der Waals surface area contributed by atoms with E-state index < -0.39 is 11.8 Å². The van der Waals surface area contributed by atoms with Crippen molar-refractivity contribution in [1.82, 2.24) is 15.2 Å². The minimum absolute atomic E-state index is 0.0587. The van der Waals surface area contributed by atoms with Gasteiger partial charge in [0.1, 0.15) is 5.82 Å². The molecular formula is C22H17ClF2N4O2. The molecule has 0 saturated heterocycles. The Morgan fingerprint density at radius 3 is 2.84 bits per heavy atom. The van der Waals surface area contributed by atoms with Crippen LogP contribution in [-0.4, -0.2) is 21.1 Å². The molecule has 1 fully saturated rings. The van der Waals surface area contributed by atoms with Gasteiger partial charge in [0.05, 0.1) is 16.4 Å². The van der Waals surface area contributed by atoms with Gasteiger partial charge >= 0.3 is 0 Å². The molecule has 9 heteroatoms. The number of H-pyrrole nitrogens is 1. The number of aromatic nitrogens is 3. The normalized spacial score (nSPS) is 21.6. The summed E-state index contributed by atoms with van der Waals surface area (Å²) in [6, 6.07) is 6.90. The Bertz CT molecular complexity index is 1260. The number of hydrogen-bond acceptors (Lipinski definition) is 4. The first-order valence-corrected chi connectivity index (χ1v) is 10.3. The van der Waals surface area contributed by atoms with Crippen molar-refractivity contribution in [1.29, 1.82) is 0 Å². The molecule has 2 aromatic heterocycles. The van der Waals surface area contributed by atoms with E-state index in [1.54, 1.807) is 0 Å². The van der Waals surface area contributed by atoms with Gasteiger partial charge in [-0.3, -0.25) is 9.59 Å². The van der Waals surface area contributed by atoms with Gasteiger partial charge in [-0.2, -0.15) is 9.49 Å². The fourth-order valence-corrected chi connectivity index (χ4v) is 5.15. The highest BCUT2D eigenvalue weighted by atomic mass is 35.5. The summed E-state index contributed by atoms with van der Waals surface area (Å²) >= 11 is 6.27. The molecule has 2 bridgehead atoms. The lowest BCUT2D eigenvalue weighted by atomic mass is 9.77. The van der Waals surface area contributed by atoms with Crippen molar-refractivity contribution in [2.75, 3.05) is 5.32 Å². The van der Waals surface area contributed by atoms with Crippen LogP contribution in [-0.2, 0) is 11.2 Å². The van der Waals surface area contributed by atoms with Gasteiger partial charge in [-0.15, -0.1) is 0 Å². The highest BCUT2D eigenvalue weighted by molar-refractivity contribution is 6.33. The number of anilines is 1. The van der Waals surface area contributed by atoms with Gasteiger partial charge in [-0.25, -0.2) is 14.5 Å². The number of nitrogens with one attached hydrogen (secondary N) is 2. The number of amides is 1. The zero-order valence-electron chi connectivity index (χ0n) is 16.2. The van der Waals surface area contributed by atoms with Crippen LogP contribution in [0, 0.1) is 23.6 Å². The first-order valence-electron chi connectivity index (χ1n) is 9.91. The zero-order chi connectivity index (χ0) is 21.7. The molecule has 158 valence electrons. The molecular weight excluding hydrogens is 426 g/mol. The van der Waals surface area contributed by atoms with Crippen molar-refractivity contribution in [3.63, 3.8) is 0 Å². The first-order chi connectivity index (χ1) is 14.9. The van der Waals surface area contributed by atoms with E-state index in [4.69, 9.17) is 11.6 Å². The van der Waals surface area contributed by atoms with E-state index in [9.17, 15) is 18.4 Å². The molecule has 1 unspecified atom stereocenters. The molecule has 1 saturated carbocycles. The van der Waals surface area contributed by atoms with Gasteiger partial charge in [0.2, 0.25) is 11.9 Å². The Labute approximate surface area is 180 Å². The molecule has 2 N–H and O–H groups in total. The van der Waals surface area contributed by atoms with E-state index in [-0.39, 0.29) is 51.1 Å². The second-order valence-electron chi connectivity index (χ2n) is 7.96. The monoisotopic (exact) mass is 442 g/mol. The van der Waals surface area contributed by atoms with Crippen molar-refractivity contribution < 1.29 is 13.6 Å². The van der Waals surface area contributed by atoms with Crippen molar-refractivity contribution in [3.8, 4) is 11.1 Å². The van der Waals surface area contributed by atoms with Crippen LogP contribution in [0.5, 0.6) is 0 Å². The Hall–Kier alpha value is -3.13. The van der Waals surface area contributed by atoms with Gasteiger partial charge in [0.15, 0.2) is 0 Å². The molecule has 3 aromatic rings. The van der Waals surface area contributed by atoms with Crippen molar-refractivity contribution in [2.45, 2.75) is 25.2 Å². The van der Waals surface area contributed by atoms with Crippen LogP contribution in [0.3, 0.4) is 0 Å². The molecule has 3 atom stereocenters. The number of carbonyl (C=O) groups excluding carboxylic acids is 1. The summed E-state index contributed by atoms with van der Waals surface area (Å²) in [5, 5.41) is 9.36. The smallest absolute Gasteiger partial charge is 0.264 e. The molecule has 0 radical (unpaired) electrons. The van der Waals surface area contributed by atoms with Crippen LogP contribution in [0.4, 0.5) is 14.5 Å². The van der Waals surface area contributed by atoms with Crippen LogP contribution < -0.4 is 10.9 Å². The van der Waals surface area contributed by atoms with Gasteiger partial charge in [-0.1, -0.05) is 11.6 Å². The maximum Gasteiger partial charge on any atom is 0.264 e. The molecule has 5 rings (SSSR count). The quantitative estimate of drug-likeness (QED) is 0.598. The Morgan fingerprint density at radius 2 is 2.03 bits per heavy atom. The van der Waals surface area contributed by atoms with E-state index in [0.29, 0.717) is 6.42 Å². The largest absolute Gasteiger partial charge is 0.323 e. The van der Waals surface area contributed by atoms with Gasteiger partial charge < -0.3 is 5.32 Å². The zero-order valence-corrected chi connectivity index (χ0v) is 16.9. The number of nitrogens with zero attached hydrogens (tertiary/aromatic N) is 2. The fraction of sp³-hybridized carbons (Fsp3) is 0.273.